The lowest BCUT2D eigenvalue weighted by Gasteiger charge is -2.17. The largest absolute Gasteiger partial charge is 0.418 e. The molecule has 4 rings (SSSR count). The van der Waals surface area contributed by atoms with Crippen molar-refractivity contribution in [1.82, 2.24) is 10.2 Å². The van der Waals surface area contributed by atoms with Gasteiger partial charge < -0.3 is 9.73 Å². The minimum Gasteiger partial charge on any atom is -0.418 e. The molecule has 0 spiro atoms. The smallest absolute Gasteiger partial charge is 0.247 e. The van der Waals surface area contributed by atoms with Gasteiger partial charge in [-0.2, -0.15) is 0 Å². The Morgan fingerprint density at radius 2 is 1.54 bits per heavy atom. The third-order valence-corrected chi connectivity index (χ3v) is 4.62. The average molecular weight is 414 g/mol. The van der Waals surface area contributed by atoms with Crippen molar-refractivity contribution in [1.29, 1.82) is 0 Å². The number of nitrogens with one attached hydrogen (secondary N) is 1. The summed E-state index contributed by atoms with van der Waals surface area (Å²) in [5.74, 6) is 0.216. The van der Waals surface area contributed by atoms with Crippen LogP contribution in [0.3, 0.4) is 0 Å². The van der Waals surface area contributed by atoms with E-state index in [0.29, 0.717) is 21.5 Å². The summed E-state index contributed by atoms with van der Waals surface area (Å²) in [6.07, 6.45) is 0. The van der Waals surface area contributed by atoms with E-state index in [4.69, 9.17) is 27.6 Å². The molecule has 0 aliphatic carbocycles. The second-order valence-electron chi connectivity index (χ2n) is 6.09. The number of rotatable bonds is 5. The lowest BCUT2D eigenvalue weighted by molar-refractivity contribution is 0.493. The van der Waals surface area contributed by atoms with E-state index < -0.39 is 6.04 Å². The van der Waals surface area contributed by atoms with Crippen LogP contribution in [-0.4, -0.2) is 10.2 Å². The molecule has 0 aliphatic heterocycles. The lowest BCUT2D eigenvalue weighted by atomic mass is 10.1. The van der Waals surface area contributed by atoms with Crippen LogP contribution >= 0.6 is 23.2 Å². The number of nitrogens with zero attached hydrogens (tertiary/aromatic N) is 2. The zero-order valence-electron chi connectivity index (χ0n) is 14.4. The topological polar surface area (TPSA) is 51.0 Å². The molecule has 7 heteroatoms. The molecule has 140 valence electrons. The molecule has 1 aromatic heterocycles. The van der Waals surface area contributed by atoms with Gasteiger partial charge in [-0.1, -0.05) is 41.4 Å². The fourth-order valence-corrected chi connectivity index (χ4v) is 3.00. The van der Waals surface area contributed by atoms with Crippen LogP contribution in [0.15, 0.2) is 77.2 Å². The van der Waals surface area contributed by atoms with Gasteiger partial charge >= 0.3 is 0 Å². The monoisotopic (exact) mass is 413 g/mol. The van der Waals surface area contributed by atoms with E-state index in [9.17, 15) is 4.39 Å². The van der Waals surface area contributed by atoms with Gasteiger partial charge in [-0.05, 0) is 60.2 Å². The lowest BCUT2D eigenvalue weighted by Crippen LogP contribution is -2.12. The molecular formula is C21H14Cl2FN3O. The highest BCUT2D eigenvalue weighted by Crippen LogP contribution is 2.29. The summed E-state index contributed by atoms with van der Waals surface area (Å²) < 4.78 is 19.4. The summed E-state index contributed by atoms with van der Waals surface area (Å²) in [5.41, 5.74) is 2.23. The van der Waals surface area contributed by atoms with Crippen LogP contribution in [0.1, 0.15) is 17.5 Å². The van der Waals surface area contributed by atoms with Crippen LogP contribution in [0.2, 0.25) is 10.0 Å². The highest BCUT2D eigenvalue weighted by Gasteiger charge is 2.22. The van der Waals surface area contributed by atoms with Crippen molar-refractivity contribution in [2.45, 2.75) is 6.04 Å². The Morgan fingerprint density at radius 3 is 2.21 bits per heavy atom. The van der Waals surface area contributed by atoms with E-state index in [1.54, 1.807) is 36.4 Å². The normalized spacial score (nSPS) is 12.0. The van der Waals surface area contributed by atoms with Crippen molar-refractivity contribution in [3.8, 4) is 11.5 Å². The molecule has 0 amide bonds. The predicted molar refractivity (Wildman–Crippen MR) is 108 cm³/mol. The van der Waals surface area contributed by atoms with Crippen LogP contribution < -0.4 is 5.32 Å². The first kappa shape index (κ1) is 18.5. The fourth-order valence-electron chi connectivity index (χ4n) is 2.75. The summed E-state index contributed by atoms with van der Waals surface area (Å²) in [4.78, 5) is 0. The van der Waals surface area contributed by atoms with Crippen molar-refractivity contribution in [3.63, 3.8) is 0 Å². The second-order valence-corrected chi connectivity index (χ2v) is 6.96. The highest BCUT2D eigenvalue weighted by atomic mass is 35.5. The molecule has 0 radical (unpaired) electrons. The maximum absolute atomic E-state index is 13.5. The Morgan fingerprint density at radius 1 is 0.857 bits per heavy atom. The second kappa shape index (κ2) is 8.00. The SMILES string of the molecule is Fc1cccc(-c2nnc(C(Nc3ccc(Cl)cc3)c3ccc(Cl)cc3)o2)c1. The number of hydrogen-bond donors (Lipinski definition) is 1. The zero-order valence-corrected chi connectivity index (χ0v) is 16.0. The predicted octanol–water partition coefficient (Wildman–Crippen LogP) is 6.38. The Bertz CT molecular complexity index is 1080. The molecule has 1 atom stereocenters. The van der Waals surface area contributed by atoms with Gasteiger partial charge in [-0.3, -0.25) is 0 Å². The van der Waals surface area contributed by atoms with Gasteiger partial charge in [-0.15, -0.1) is 10.2 Å². The number of hydrogen-bond acceptors (Lipinski definition) is 4. The van der Waals surface area contributed by atoms with E-state index in [1.807, 2.05) is 24.3 Å². The Kier molecular flexibility index (Phi) is 5.28. The van der Waals surface area contributed by atoms with Crippen LogP contribution in [-0.2, 0) is 0 Å². The summed E-state index contributed by atoms with van der Waals surface area (Å²) in [6.45, 7) is 0. The minimum atomic E-state index is -0.423. The third-order valence-electron chi connectivity index (χ3n) is 4.12. The van der Waals surface area contributed by atoms with Crippen molar-refractivity contribution >= 4 is 28.9 Å². The third kappa shape index (κ3) is 4.16. The first-order chi connectivity index (χ1) is 13.6. The van der Waals surface area contributed by atoms with Crippen molar-refractivity contribution in [2.75, 3.05) is 5.32 Å². The molecule has 28 heavy (non-hydrogen) atoms. The van der Waals surface area contributed by atoms with Gasteiger partial charge in [0.15, 0.2) is 0 Å². The van der Waals surface area contributed by atoms with Crippen molar-refractivity contribution < 1.29 is 8.81 Å². The molecule has 1 N–H and O–H groups in total. The van der Waals surface area contributed by atoms with Gasteiger partial charge in [-0.25, -0.2) is 4.39 Å². The van der Waals surface area contributed by atoms with Gasteiger partial charge in [0.25, 0.3) is 0 Å². The van der Waals surface area contributed by atoms with Crippen LogP contribution in [0, 0.1) is 5.82 Å². The number of aromatic nitrogens is 2. The molecule has 0 saturated heterocycles. The number of halogens is 3. The standard InChI is InChI=1S/C21H14Cl2FN3O/c22-15-6-4-13(5-7-15)19(25-18-10-8-16(23)9-11-18)21-27-26-20(28-21)14-2-1-3-17(24)12-14/h1-12,19,25H. The Balaban J connectivity index is 1.70. The van der Waals surface area contributed by atoms with Gasteiger partial charge in [0.2, 0.25) is 11.8 Å². The van der Waals surface area contributed by atoms with Gasteiger partial charge in [0.05, 0.1) is 0 Å². The summed E-state index contributed by atoms with van der Waals surface area (Å²) in [7, 11) is 0. The molecule has 3 aromatic carbocycles. The zero-order chi connectivity index (χ0) is 19.5. The molecule has 0 saturated carbocycles. The van der Waals surface area contributed by atoms with Gasteiger partial charge in [0, 0.05) is 21.3 Å². The van der Waals surface area contributed by atoms with E-state index >= 15 is 0 Å². The first-order valence-electron chi connectivity index (χ1n) is 8.45. The molecular weight excluding hydrogens is 400 g/mol. The molecule has 0 fully saturated rings. The van der Waals surface area contributed by atoms with E-state index in [1.165, 1.54) is 12.1 Å². The minimum absolute atomic E-state index is 0.242. The molecule has 4 nitrogen and oxygen atoms in total. The quantitative estimate of drug-likeness (QED) is 0.412. The molecule has 1 unspecified atom stereocenters. The Labute approximate surface area is 170 Å². The molecule has 1 heterocycles. The number of anilines is 1. The molecule has 0 bridgehead atoms. The van der Waals surface area contributed by atoms with Crippen LogP contribution in [0.4, 0.5) is 10.1 Å². The van der Waals surface area contributed by atoms with E-state index in [-0.39, 0.29) is 11.7 Å². The first-order valence-corrected chi connectivity index (χ1v) is 9.21. The summed E-state index contributed by atoms with van der Waals surface area (Å²) >= 11 is 12.0. The van der Waals surface area contributed by atoms with Crippen molar-refractivity contribution in [3.05, 3.63) is 100 Å². The van der Waals surface area contributed by atoms with Crippen molar-refractivity contribution in [2.24, 2.45) is 0 Å². The molecule has 4 aromatic rings. The van der Waals surface area contributed by atoms with E-state index in [2.05, 4.69) is 15.5 Å². The van der Waals surface area contributed by atoms with E-state index in [0.717, 1.165) is 11.3 Å². The van der Waals surface area contributed by atoms with Crippen LogP contribution in [0.25, 0.3) is 11.5 Å². The van der Waals surface area contributed by atoms with Crippen LogP contribution in [0.5, 0.6) is 0 Å². The average Bonchev–Trinajstić information content (AvgIpc) is 3.18. The Hall–Kier alpha value is -2.89. The number of benzene rings is 3. The van der Waals surface area contributed by atoms with Gasteiger partial charge in [0.1, 0.15) is 11.9 Å². The summed E-state index contributed by atoms with van der Waals surface area (Å²) in [6, 6.07) is 20.2. The highest BCUT2D eigenvalue weighted by molar-refractivity contribution is 6.30. The maximum Gasteiger partial charge on any atom is 0.247 e. The molecule has 0 aliphatic rings. The summed E-state index contributed by atoms with van der Waals surface area (Å²) in [5, 5.41) is 12.9. The maximum atomic E-state index is 13.5. The fraction of sp³-hybridized carbons (Fsp3) is 0.0476.